The van der Waals surface area contributed by atoms with Crippen molar-refractivity contribution in [1.29, 1.82) is 0 Å². The zero-order chi connectivity index (χ0) is 13.4. The van der Waals surface area contributed by atoms with Gasteiger partial charge in [0.25, 0.3) is 0 Å². The zero-order valence-corrected chi connectivity index (χ0v) is 11.5. The number of hydrogen-bond acceptors (Lipinski definition) is 4. The molecule has 0 radical (unpaired) electrons. The molecule has 0 bridgehead atoms. The van der Waals surface area contributed by atoms with Gasteiger partial charge in [0.1, 0.15) is 5.82 Å². The maximum atomic E-state index is 4.44. The Balaban J connectivity index is 1.55. The van der Waals surface area contributed by atoms with Crippen molar-refractivity contribution in [3.63, 3.8) is 0 Å². The predicted molar refractivity (Wildman–Crippen MR) is 77.4 cm³/mol. The number of anilines is 1. The van der Waals surface area contributed by atoms with Crippen molar-refractivity contribution >= 4 is 5.69 Å². The van der Waals surface area contributed by atoms with Gasteiger partial charge in [0.05, 0.1) is 6.54 Å². The van der Waals surface area contributed by atoms with Gasteiger partial charge in [-0.3, -0.25) is 4.98 Å². The molecule has 0 spiro atoms. The first kappa shape index (κ1) is 11.9. The van der Waals surface area contributed by atoms with E-state index < -0.39 is 0 Å². The van der Waals surface area contributed by atoms with Gasteiger partial charge in [0.15, 0.2) is 0 Å². The molecular formula is C15H19N5. The van der Waals surface area contributed by atoms with Gasteiger partial charge >= 0.3 is 0 Å². The van der Waals surface area contributed by atoms with Crippen LogP contribution in [-0.2, 0) is 19.6 Å². The van der Waals surface area contributed by atoms with Crippen molar-refractivity contribution in [3.8, 4) is 0 Å². The third-order valence-electron chi connectivity index (χ3n) is 4.12. The minimum atomic E-state index is 0.725. The molecule has 2 aliphatic rings. The predicted octanol–water partition coefficient (Wildman–Crippen LogP) is 1.55. The number of aromatic nitrogens is 3. The molecule has 0 amide bonds. The lowest BCUT2D eigenvalue weighted by Gasteiger charge is -2.31. The van der Waals surface area contributed by atoms with Gasteiger partial charge in [-0.25, -0.2) is 4.98 Å². The lowest BCUT2D eigenvalue weighted by molar-refractivity contribution is 0.557. The van der Waals surface area contributed by atoms with Crippen LogP contribution in [0.25, 0.3) is 0 Å². The average molecular weight is 269 g/mol. The molecule has 4 rings (SSSR count). The molecule has 0 saturated heterocycles. The number of rotatable bonds is 4. The number of hydrogen-bond donors (Lipinski definition) is 1. The van der Waals surface area contributed by atoms with Crippen LogP contribution >= 0.6 is 0 Å². The third kappa shape index (κ3) is 2.29. The highest BCUT2D eigenvalue weighted by atomic mass is 15.2. The van der Waals surface area contributed by atoms with Crippen molar-refractivity contribution < 1.29 is 0 Å². The van der Waals surface area contributed by atoms with Crippen molar-refractivity contribution in [1.82, 2.24) is 19.9 Å². The number of fused-ring (bicyclic) bond motifs is 1. The van der Waals surface area contributed by atoms with E-state index in [1.54, 1.807) is 0 Å². The van der Waals surface area contributed by atoms with Crippen LogP contribution in [0.2, 0.25) is 0 Å². The smallest absolute Gasteiger partial charge is 0.128 e. The SMILES string of the molecule is c1cc(N2CCn3ccnc3C2)c(CNC2CC2)cn1. The molecule has 1 fully saturated rings. The van der Waals surface area contributed by atoms with Gasteiger partial charge in [0, 0.05) is 61.7 Å². The number of nitrogens with zero attached hydrogens (tertiary/aromatic N) is 4. The Morgan fingerprint density at radius 2 is 2.20 bits per heavy atom. The minimum Gasteiger partial charge on any atom is -0.362 e. The summed E-state index contributed by atoms with van der Waals surface area (Å²) in [6, 6.07) is 2.85. The molecule has 2 aromatic heterocycles. The van der Waals surface area contributed by atoms with Gasteiger partial charge in [-0.1, -0.05) is 0 Å². The van der Waals surface area contributed by atoms with E-state index in [1.807, 2.05) is 18.6 Å². The van der Waals surface area contributed by atoms with Crippen LogP contribution < -0.4 is 10.2 Å². The summed E-state index contributed by atoms with van der Waals surface area (Å²) in [6.45, 7) is 3.84. The molecule has 0 aromatic carbocycles. The standard InChI is InChI=1S/C15H19N5/c1-2-13(1)18-10-12-9-16-4-3-14(12)20-8-7-19-6-5-17-15(19)11-20/h3-6,9,13,18H,1-2,7-8,10-11H2. The van der Waals surface area contributed by atoms with Crippen molar-refractivity contribution in [3.05, 3.63) is 42.2 Å². The first-order valence-corrected chi connectivity index (χ1v) is 7.31. The highest BCUT2D eigenvalue weighted by Crippen LogP contribution is 2.25. The van der Waals surface area contributed by atoms with Crippen molar-refractivity contribution in [2.45, 2.75) is 38.5 Å². The number of imidazole rings is 1. The highest BCUT2D eigenvalue weighted by Gasteiger charge is 2.22. The summed E-state index contributed by atoms with van der Waals surface area (Å²) in [7, 11) is 0. The lowest BCUT2D eigenvalue weighted by atomic mass is 10.2. The number of pyridine rings is 1. The molecule has 0 atom stereocenters. The van der Waals surface area contributed by atoms with E-state index in [4.69, 9.17) is 0 Å². The second kappa shape index (κ2) is 4.90. The van der Waals surface area contributed by atoms with E-state index in [0.717, 1.165) is 38.0 Å². The topological polar surface area (TPSA) is 46.0 Å². The third-order valence-corrected chi connectivity index (χ3v) is 4.12. The van der Waals surface area contributed by atoms with Crippen LogP contribution in [0.15, 0.2) is 30.9 Å². The van der Waals surface area contributed by atoms with Crippen molar-refractivity contribution in [2.24, 2.45) is 0 Å². The Bertz CT molecular complexity index is 602. The summed E-state index contributed by atoms with van der Waals surface area (Å²) in [4.78, 5) is 11.1. The summed E-state index contributed by atoms with van der Waals surface area (Å²) in [5, 5.41) is 3.58. The molecule has 1 aliphatic carbocycles. The maximum absolute atomic E-state index is 4.44. The summed E-state index contributed by atoms with van der Waals surface area (Å²) in [5.41, 5.74) is 2.59. The fraction of sp³-hybridized carbons (Fsp3) is 0.467. The van der Waals surface area contributed by atoms with E-state index >= 15 is 0 Å². The van der Waals surface area contributed by atoms with E-state index in [-0.39, 0.29) is 0 Å². The second-order valence-corrected chi connectivity index (χ2v) is 5.62. The van der Waals surface area contributed by atoms with Crippen LogP contribution in [0.4, 0.5) is 5.69 Å². The van der Waals surface area contributed by atoms with E-state index in [0.29, 0.717) is 0 Å². The first-order chi connectivity index (χ1) is 9.90. The quantitative estimate of drug-likeness (QED) is 0.915. The van der Waals surface area contributed by atoms with E-state index in [1.165, 1.54) is 24.1 Å². The van der Waals surface area contributed by atoms with E-state index in [2.05, 4.69) is 37.0 Å². The summed E-state index contributed by atoms with van der Waals surface area (Å²) >= 11 is 0. The van der Waals surface area contributed by atoms with Crippen LogP contribution in [0, 0.1) is 0 Å². The Morgan fingerprint density at radius 1 is 1.25 bits per heavy atom. The Morgan fingerprint density at radius 3 is 3.10 bits per heavy atom. The molecule has 20 heavy (non-hydrogen) atoms. The van der Waals surface area contributed by atoms with Crippen molar-refractivity contribution in [2.75, 3.05) is 11.4 Å². The fourth-order valence-electron chi connectivity index (χ4n) is 2.79. The minimum absolute atomic E-state index is 0.725. The van der Waals surface area contributed by atoms with Crippen LogP contribution in [0.3, 0.4) is 0 Å². The largest absolute Gasteiger partial charge is 0.362 e. The summed E-state index contributed by atoms with van der Waals surface area (Å²) in [5.74, 6) is 1.15. The van der Waals surface area contributed by atoms with Gasteiger partial charge in [0.2, 0.25) is 0 Å². The zero-order valence-electron chi connectivity index (χ0n) is 11.5. The second-order valence-electron chi connectivity index (χ2n) is 5.62. The monoisotopic (exact) mass is 269 g/mol. The van der Waals surface area contributed by atoms with Gasteiger partial charge in [-0.2, -0.15) is 0 Å². The molecule has 2 aromatic rings. The van der Waals surface area contributed by atoms with Gasteiger partial charge < -0.3 is 14.8 Å². The fourth-order valence-corrected chi connectivity index (χ4v) is 2.79. The Hall–Kier alpha value is -1.88. The normalized spacial score (nSPS) is 18.1. The van der Waals surface area contributed by atoms with Crippen LogP contribution in [0.1, 0.15) is 24.2 Å². The highest BCUT2D eigenvalue weighted by molar-refractivity contribution is 5.52. The molecular weight excluding hydrogens is 250 g/mol. The lowest BCUT2D eigenvalue weighted by Crippen LogP contribution is -2.34. The molecule has 1 N–H and O–H groups in total. The first-order valence-electron chi connectivity index (χ1n) is 7.31. The van der Waals surface area contributed by atoms with Crippen LogP contribution in [-0.4, -0.2) is 27.1 Å². The average Bonchev–Trinajstić information content (AvgIpc) is 3.20. The van der Waals surface area contributed by atoms with E-state index in [9.17, 15) is 0 Å². The van der Waals surface area contributed by atoms with Crippen LogP contribution in [0.5, 0.6) is 0 Å². The molecule has 1 aliphatic heterocycles. The molecule has 5 nitrogen and oxygen atoms in total. The molecule has 5 heteroatoms. The van der Waals surface area contributed by atoms with Gasteiger partial charge in [-0.15, -0.1) is 0 Å². The Labute approximate surface area is 118 Å². The molecule has 104 valence electrons. The molecule has 3 heterocycles. The van der Waals surface area contributed by atoms with Gasteiger partial charge in [-0.05, 0) is 18.9 Å². The maximum Gasteiger partial charge on any atom is 0.128 e. The molecule has 1 saturated carbocycles. The molecule has 0 unspecified atom stereocenters. The summed E-state index contributed by atoms with van der Waals surface area (Å²) in [6.07, 6.45) is 10.5. The summed E-state index contributed by atoms with van der Waals surface area (Å²) < 4.78 is 2.24. The number of nitrogens with one attached hydrogen (secondary N) is 1. The Kier molecular flexibility index (Phi) is 2.92.